The third-order valence-electron chi connectivity index (χ3n) is 4.25. The standard InChI is InChI=1S/C15H24N6O4S/c1-6-19-13(5)15(11(3)18-19)26(24,25)16-8-7-9-20-12(4)14(21(22)23)10(2)17-20/h16H,6-9H2,1-5H3. The summed E-state index contributed by atoms with van der Waals surface area (Å²) in [5.41, 5.74) is 1.89. The molecule has 0 spiro atoms. The largest absolute Gasteiger partial charge is 0.312 e. The molecular weight excluding hydrogens is 360 g/mol. The summed E-state index contributed by atoms with van der Waals surface area (Å²) >= 11 is 0. The first-order valence-corrected chi connectivity index (χ1v) is 9.80. The van der Waals surface area contributed by atoms with Crippen molar-refractivity contribution in [1.29, 1.82) is 0 Å². The van der Waals surface area contributed by atoms with Crippen molar-refractivity contribution in [2.45, 2.75) is 59.0 Å². The van der Waals surface area contributed by atoms with Gasteiger partial charge >= 0.3 is 5.69 Å². The van der Waals surface area contributed by atoms with Crippen molar-refractivity contribution in [3.8, 4) is 0 Å². The molecule has 0 aliphatic carbocycles. The van der Waals surface area contributed by atoms with E-state index >= 15 is 0 Å². The smallest absolute Gasteiger partial charge is 0.268 e. The molecule has 2 heterocycles. The minimum absolute atomic E-state index is 0.00353. The topological polar surface area (TPSA) is 125 Å². The summed E-state index contributed by atoms with van der Waals surface area (Å²) in [6.45, 7) is 9.70. The maximum Gasteiger partial charge on any atom is 0.312 e. The fraction of sp³-hybridized carbons (Fsp3) is 0.600. The highest BCUT2D eigenvalue weighted by molar-refractivity contribution is 7.89. The molecule has 0 aliphatic heterocycles. The van der Waals surface area contributed by atoms with Gasteiger partial charge in [0.15, 0.2) is 0 Å². The second-order valence-corrected chi connectivity index (χ2v) is 7.77. The van der Waals surface area contributed by atoms with Gasteiger partial charge in [0.25, 0.3) is 0 Å². The van der Waals surface area contributed by atoms with Gasteiger partial charge < -0.3 is 0 Å². The molecule has 144 valence electrons. The fourth-order valence-electron chi connectivity index (χ4n) is 3.05. The molecule has 0 aromatic carbocycles. The van der Waals surface area contributed by atoms with Gasteiger partial charge in [0.05, 0.1) is 16.3 Å². The minimum Gasteiger partial charge on any atom is -0.268 e. The first-order valence-electron chi connectivity index (χ1n) is 8.32. The molecule has 0 saturated carbocycles. The summed E-state index contributed by atoms with van der Waals surface area (Å²) in [5, 5.41) is 19.4. The van der Waals surface area contributed by atoms with Gasteiger partial charge in [0.2, 0.25) is 10.0 Å². The van der Waals surface area contributed by atoms with Crippen molar-refractivity contribution in [3.63, 3.8) is 0 Å². The Morgan fingerprint density at radius 2 is 1.69 bits per heavy atom. The van der Waals surface area contributed by atoms with Gasteiger partial charge in [0, 0.05) is 19.6 Å². The van der Waals surface area contributed by atoms with Gasteiger partial charge in [-0.1, -0.05) is 0 Å². The SMILES string of the molecule is CCn1nc(C)c(S(=O)(=O)NCCCn2nc(C)c([N+](=O)[O-])c2C)c1C. The van der Waals surface area contributed by atoms with Crippen molar-refractivity contribution in [1.82, 2.24) is 24.3 Å². The Morgan fingerprint density at radius 3 is 2.19 bits per heavy atom. The van der Waals surface area contributed by atoms with Crippen LogP contribution in [0.3, 0.4) is 0 Å². The second-order valence-electron chi connectivity index (χ2n) is 6.07. The van der Waals surface area contributed by atoms with E-state index in [2.05, 4.69) is 14.9 Å². The number of hydrogen-bond donors (Lipinski definition) is 1. The van der Waals surface area contributed by atoms with Crippen molar-refractivity contribution in [2.24, 2.45) is 0 Å². The van der Waals surface area contributed by atoms with E-state index in [4.69, 9.17) is 0 Å². The second kappa shape index (κ2) is 7.54. The van der Waals surface area contributed by atoms with Crippen LogP contribution in [0.4, 0.5) is 5.69 Å². The Kier molecular flexibility index (Phi) is 5.81. The number of hydrogen-bond acceptors (Lipinski definition) is 6. The molecule has 0 radical (unpaired) electrons. The van der Waals surface area contributed by atoms with E-state index in [0.29, 0.717) is 42.3 Å². The summed E-state index contributed by atoms with van der Waals surface area (Å²) < 4.78 is 30.9. The molecule has 0 unspecified atom stereocenters. The molecule has 2 aromatic rings. The Labute approximate surface area is 152 Å². The lowest BCUT2D eigenvalue weighted by Crippen LogP contribution is -2.26. The lowest BCUT2D eigenvalue weighted by Gasteiger charge is -2.08. The molecule has 0 bridgehead atoms. The van der Waals surface area contributed by atoms with Crippen LogP contribution in [0.5, 0.6) is 0 Å². The van der Waals surface area contributed by atoms with Crippen LogP contribution in [0.15, 0.2) is 4.90 Å². The molecule has 2 aromatic heterocycles. The number of aryl methyl sites for hydroxylation is 4. The van der Waals surface area contributed by atoms with Crippen LogP contribution in [0.25, 0.3) is 0 Å². The van der Waals surface area contributed by atoms with Crippen molar-refractivity contribution in [3.05, 3.63) is 32.9 Å². The molecule has 1 N–H and O–H groups in total. The van der Waals surface area contributed by atoms with Crippen molar-refractivity contribution >= 4 is 15.7 Å². The van der Waals surface area contributed by atoms with Gasteiger partial charge in [-0.05, 0) is 41.0 Å². The van der Waals surface area contributed by atoms with Crippen LogP contribution in [0.2, 0.25) is 0 Å². The molecular formula is C15H24N6O4S. The Balaban J connectivity index is 2.03. The van der Waals surface area contributed by atoms with Crippen LogP contribution in [-0.4, -0.2) is 39.4 Å². The lowest BCUT2D eigenvalue weighted by molar-refractivity contribution is -0.386. The fourth-order valence-corrected chi connectivity index (χ4v) is 4.54. The third kappa shape index (κ3) is 3.78. The lowest BCUT2D eigenvalue weighted by atomic mass is 10.3. The van der Waals surface area contributed by atoms with Crippen LogP contribution in [-0.2, 0) is 23.1 Å². The number of nitrogens with one attached hydrogen (secondary N) is 1. The highest BCUT2D eigenvalue weighted by Crippen LogP contribution is 2.22. The maximum absolute atomic E-state index is 12.6. The van der Waals surface area contributed by atoms with Crippen molar-refractivity contribution < 1.29 is 13.3 Å². The van der Waals surface area contributed by atoms with Gasteiger partial charge in [-0.15, -0.1) is 0 Å². The number of rotatable bonds is 8. The number of nitrogens with zero attached hydrogens (tertiary/aromatic N) is 5. The molecule has 2 rings (SSSR count). The first kappa shape index (κ1) is 20.0. The van der Waals surface area contributed by atoms with Gasteiger partial charge in [-0.25, -0.2) is 13.1 Å². The Hall–Kier alpha value is -2.27. The van der Waals surface area contributed by atoms with E-state index < -0.39 is 14.9 Å². The van der Waals surface area contributed by atoms with Gasteiger partial charge in [-0.2, -0.15) is 10.2 Å². The van der Waals surface area contributed by atoms with E-state index in [1.54, 1.807) is 32.4 Å². The summed E-state index contributed by atoms with van der Waals surface area (Å²) in [6, 6.07) is 0. The molecule has 0 saturated heterocycles. The van der Waals surface area contributed by atoms with Crippen LogP contribution >= 0.6 is 0 Å². The summed E-state index contributed by atoms with van der Waals surface area (Å²) in [4.78, 5) is 10.8. The zero-order valence-electron chi connectivity index (χ0n) is 15.6. The molecule has 0 aliphatic rings. The summed E-state index contributed by atoms with van der Waals surface area (Å²) in [5.74, 6) is 0. The summed E-state index contributed by atoms with van der Waals surface area (Å²) in [6.07, 6.45) is 0.457. The van der Waals surface area contributed by atoms with Crippen LogP contribution in [0.1, 0.15) is 36.1 Å². The average molecular weight is 384 g/mol. The zero-order valence-corrected chi connectivity index (χ0v) is 16.4. The quantitative estimate of drug-likeness (QED) is 0.419. The Bertz CT molecular complexity index is 929. The maximum atomic E-state index is 12.6. The third-order valence-corrected chi connectivity index (χ3v) is 5.96. The van der Waals surface area contributed by atoms with E-state index in [9.17, 15) is 18.5 Å². The van der Waals surface area contributed by atoms with E-state index in [0.717, 1.165) is 0 Å². The molecule has 26 heavy (non-hydrogen) atoms. The van der Waals surface area contributed by atoms with Crippen LogP contribution < -0.4 is 4.72 Å². The molecule has 0 atom stereocenters. The first-order chi connectivity index (χ1) is 12.1. The molecule has 0 fully saturated rings. The molecule has 0 amide bonds. The predicted octanol–water partition coefficient (Wildman–Crippen LogP) is 1.61. The molecule has 10 nitrogen and oxygen atoms in total. The number of nitro groups is 1. The van der Waals surface area contributed by atoms with Gasteiger partial charge in [-0.3, -0.25) is 19.5 Å². The Morgan fingerprint density at radius 1 is 1.08 bits per heavy atom. The van der Waals surface area contributed by atoms with Gasteiger partial charge in [0.1, 0.15) is 16.3 Å². The normalized spacial score (nSPS) is 11.9. The monoisotopic (exact) mass is 384 g/mol. The average Bonchev–Trinajstić information content (AvgIpc) is 2.99. The highest BCUT2D eigenvalue weighted by atomic mass is 32.2. The molecule has 11 heteroatoms. The predicted molar refractivity (Wildman–Crippen MR) is 95.5 cm³/mol. The zero-order chi connectivity index (χ0) is 19.6. The van der Waals surface area contributed by atoms with Crippen molar-refractivity contribution in [2.75, 3.05) is 6.54 Å². The summed E-state index contributed by atoms with van der Waals surface area (Å²) in [7, 11) is -3.66. The van der Waals surface area contributed by atoms with E-state index in [1.165, 1.54) is 4.68 Å². The van der Waals surface area contributed by atoms with E-state index in [1.807, 2.05) is 6.92 Å². The number of sulfonamides is 1. The van der Waals surface area contributed by atoms with Crippen LogP contribution in [0, 0.1) is 37.8 Å². The number of aromatic nitrogens is 4. The van der Waals surface area contributed by atoms with E-state index in [-0.39, 0.29) is 17.1 Å². The minimum atomic E-state index is -3.66. The highest BCUT2D eigenvalue weighted by Gasteiger charge is 2.24.